The molecule has 0 aromatic carbocycles. The molecule has 0 atom stereocenters. The van der Waals surface area contributed by atoms with Crippen molar-refractivity contribution in [3.8, 4) is 0 Å². The van der Waals surface area contributed by atoms with E-state index in [-0.39, 0.29) is 0 Å². The summed E-state index contributed by atoms with van der Waals surface area (Å²) in [6.45, 7) is 5.61. The number of rotatable bonds is 3. The summed E-state index contributed by atoms with van der Waals surface area (Å²) >= 11 is -3.43. The van der Waals surface area contributed by atoms with Gasteiger partial charge in [-0.25, -0.2) is 0 Å². The third kappa shape index (κ3) is 8.61. The van der Waals surface area contributed by atoms with Crippen LogP contribution in [0.25, 0.3) is 0 Å². The number of hydrogen-bond donors (Lipinski definition) is 1. The maximum absolute atomic E-state index is 9.97. The molecule has 0 radical (unpaired) electrons. The molecule has 0 aliphatic carbocycles. The Hall–Kier alpha value is 0.611. The first-order valence-corrected chi connectivity index (χ1v) is 7.88. The van der Waals surface area contributed by atoms with E-state index in [2.05, 4.69) is 8.05 Å². The molecule has 0 aliphatic rings. The van der Waals surface area contributed by atoms with Gasteiger partial charge in [-0.05, 0) is 0 Å². The molecule has 0 rings (SSSR count). The first-order chi connectivity index (χ1) is 3.92. The molecule has 9 heavy (non-hydrogen) atoms. The van der Waals surface area contributed by atoms with Crippen LogP contribution in [0.1, 0.15) is 0 Å². The Morgan fingerprint density at radius 2 is 1.89 bits per heavy atom. The van der Waals surface area contributed by atoms with Gasteiger partial charge < -0.3 is 0 Å². The van der Waals surface area contributed by atoms with Crippen LogP contribution < -0.4 is 0 Å². The molecule has 0 amide bonds. The van der Waals surface area contributed by atoms with Crippen molar-refractivity contribution in [2.24, 2.45) is 0 Å². The molecule has 0 aromatic heterocycles. The van der Waals surface area contributed by atoms with Crippen molar-refractivity contribution in [2.75, 3.05) is 0 Å². The van der Waals surface area contributed by atoms with E-state index in [1.54, 1.807) is 0 Å². The molecule has 0 heterocycles. The third-order valence-corrected chi connectivity index (χ3v) is 1.56. The molecular weight excluding hydrogens is 176 g/mol. The van der Waals surface area contributed by atoms with Gasteiger partial charge in [0.1, 0.15) is 0 Å². The topological polar surface area (TPSA) is 55.8 Å². The van der Waals surface area contributed by atoms with Crippen LogP contribution in [0.2, 0.25) is 19.6 Å². The van der Waals surface area contributed by atoms with Gasteiger partial charge in [0.05, 0.1) is 0 Å². The molecule has 0 aliphatic heterocycles. The Kier molecular flexibility index (Phi) is 3.95. The summed E-state index contributed by atoms with van der Waals surface area (Å²) in [5, 5.41) is 0. The summed E-state index contributed by atoms with van der Waals surface area (Å²) in [5.41, 5.74) is 0. The minimum absolute atomic E-state index is 1.76. The fourth-order valence-corrected chi connectivity index (χ4v) is 1.99. The fraction of sp³-hybridized carbons (Fsp3) is 1.00. The van der Waals surface area contributed by atoms with Crippen molar-refractivity contribution >= 4 is 8.32 Å². The molecule has 0 saturated carbocycles. The molecule has 0 aromatic rings. The van der Waals surface area contributed by atoms with Crippen LogP contribution >= 0.6 is 0 Å². The zero-order chi connectivity index (χ0) is 7.49. The van der Waals surface area contributed by atoms with Crippen LogP contribution in [0, 0.1) is 0 Å². The average molecular weight is 186 g/mol. The molecule has 0 bridgehead atoms. The molecule has 6 heteroatoms. The van der Waals surface area contributed by atoms with Crippen LogP contribution in [0.4, 0.5) is 0 Å². The van der Waals surface area contributed by atoms with Crippen molar-refractivity contribution in [1.29, 1.82) is 0 Å². The summed E-state index contributed by atoms with van der Waals surface area (Å²) in [4.78, 5) is 0. The average Bonchev–Trinajstić information content (AvgIpc) is 1.59. The van der Waals surface area contributed by atoms with Gasteiger partial charge in [-0.2, -0.15) is 0 Å². The van der Waals surface area contributed by atoms with Crippen LogP contribution in [0.5, 0.6) is 0 Å². The Morgan fingerprint density at radius 3 is 2.00 bits per heavy atom. The van der Waals surface area contributed by atoms with E-state index in [1.165, 1.54) is 0 Å². The second-order valence-electron chi connectivity index (χ2n) is 2.54. The van der Waals surface area contributed by atoms with Gasteiger partial charge in [-0.1, -0.05) is 0 Å². The molecule has 4 nitrogen and oxygen atoms in total. The first kappa shape index (κ1) is 9.61. The molecule has 0 fully saturated rings. The predicted molar refractivity (Wildman–Crippen MR) is 28.4 cm³/mol. The molecule has 0 saturated heterocycles. The molecular formula is C3H10O4SiTi. The maximum atomic E-state index is 9.97. The van der Waals surface area contributed by atoms with E-state index in [9.17, 15) is 3.32 Å². The number of hydrogen-bond acceptors (Lipinski definition) is 3. The van der Waals surface area contributed by atoms with Crippen molar-refractivity contribution in [1.82, 2.24) is 0 Å². The minimum atomic E-state index is -3.43. The van der Waals surface area contributed by atoms with E-state index < -0.39 is 26.9 Å². The van der Waals surface area contributed by atoms with E-state index >= 15 is 0 Å². The van der Waals surface area contributed by atoms with Gasteiger partial charge in [-0.3, -0.25) is 0 Å². The normalized spacial score (nSPS) is 11.6. The third-order valence-electron chi connectivity index (χ3n) is 0.363. The molecule has 54 valence electrons. The second-order valence-corrected chi connectivity index (χ2v) is 8.03. The molecule has 0 unspecified atom stereocenters. The summed E-state index contributed by atoms with van der Waals surface area (Å²) in [6.07, 6.45) is 0. The fourth-order valence-electron chi connectivity index (χ4n) is 0.161. The van der Waals surface area contributed by atoms with Crippen LogP contribution in [-0.2, 0) is 30.0 Å². The standard InChI is InChI=1S/C3H10O2Si.H2O.O.Ti/c1-6(2,3)5-4;;;/h4H,1-3H3;1H2;;/q;;;+2/p-2. The Balaban J connectivity index is 3.39. The Morgan fingerprint density at radius 1 is 1.44 bits per heavy atom. The summed E-state index contributed by atoms with van der Waals surface area (Å²) < 4.78 is 26.9. The van der Waals surface area contributed by atoms with Crippen molar-refractivity contribution in [3.63, 3.8) is 0 Å². The van der Waals surface area contributed by atoms with Gasteiger partial charge in [0, 0.05) is 0 Å². The van der Waals surface area contributed by atoms with Crippen molar-refractivity contribution in [2.45, 2.75) is 19.6 Å². The van der Waals surface area contributed by atoms with Crippen molar-refractivity contribution in [3.05, 3.63) is 0 Å². The quantitative estimate of drug-likeness (QED) is 0.397. The van der Waals surface area contributed by atoms with Crippen molar-refractivity contribution < 1.29 is 33.7 Å². The zero-order valence-corrected chi connectivity index (χ0v) is 8.23. The van der Waals surface area contributed by atoms with Gasteiger partial charge >= 0.3 is 61.6 Å². The predicted octanol–water partition coefficient (Wildman–Crippen LogP) is 0.555. The van der Waals surface area contributed by atoms with E-state index in [0.29, 0.717) is 0 Å². The van der Waals surface area contributed by atoms with Gasteiger partial charge in [-0.15, -0.1) is 0 Å². The van der Waals surface area contributed by atoms with Crippen LogP contribution in [-0.4, -0.2) is 12.0 Å². The molecule has 1 N–H and O–H groups in total. The summed E-state index contributed by atoms with van der Waals surface area (Å²) in [5.74, 6) is 0. The Labute approximate surface area is 61.9 Å². The molecule has 0 spiro atoms. The van der Waals surface area contributed by atoms with E-state index in [0.717, 1.165) is 0 Å². The second kappa shape index (κ2) is 3.70. The Bertz CT molecular complexity index is 109. The van der Waals surface area contributed by atoms with Gasteiger partial charge in [0.25, 0.3) is 0 Å². The summed E-state index contributed by atoms with van der Waals surface area (Å²) in [6, 6.07) is 0. The van der Waals surface area contributed by atoms with E-state index in [1.807, 2.05) is 19.6 Å². The first-order valence-electron chi connectivity index (χ1n) is 2.50. The van der Waals surface area contributed by atoms with Gasteiger partial charge in [0.15, 0.2) is 0 Å². The SMILES string of the molecule is C[Si](C)(C)O[O][Ti](=[O])[OH]. The monoisotopic (exact) mass is 186 g/mol. The summed E-state index contributed by atoms with van der Waals surface area (Å²) in [7, 11) is -1.76. The van der Waals surface area contributed by atoms with Gasteiger partial charge in [0.2, 0.25) is 0 Å². The zero-order valence-electron chi connectivity index (χ0n) is 5.67. The van der Waals surface area contributed by atoms with E-state index in [4.69, 9.17) is 3.69 Å². The van der Waals surface area contributed by atoms with Crippen LogP contribution in [0.15, 0.2) is 0 Å². The van der Waals surface area contributed by atoms with Crippen LogP contribution in [0.3, 0.4) is 0 Å².